The highest BCUT2D eigenvalue weighted by Crippen LogP contribution is 2.25. The quantitative estimate of drug-likeness (QED) is 0.0175. The fourth-order valence-corrected chi connectivity index (χ4v) is 13.6. The van der Waals surface area contributed by atoms with Gasteiger partial charge in [0.05, 0.1) is 13.1 Å². The standard InChI is InChI=1S/C80H102N16O14/c1-95-67(75(107)91-62(20-11-38-86-79(81)82)73(105)93-64(44-51-25-31-53-14-3-5-16-55(53)41-51)71(103)88-47-61(100)46-57(77(95)109)40-49-27-33-59(98)34-28-49)22-9-7-18-58(97)19-8-10-24-69(101)85-37-13-23-68-76(108)92-63(21-12-39-87-80(83)84)74(106)94-65(45-52-26-32-54-15-4-6-17-56(54)42-52)72(104)89-48-70(102)90-66(78(110)96(68)2)43-50-29-35-60(99)36-30-50/h3-6,14-17,25-36,41-42,57,62-68,98-99H,7-13,18-24,37-40,43-48H2,1-2H3,(H,85,101)(H,88,103)(H,89,104)(H,90,102)(H,91,107)(H,92,108)(H,93,105)(H,94,106)(H4,81,82,86)(H4,83,84,87)/t57-,62-,63-,64-,65-,66+,67+,68+/m0/s1. The SMILES string of the molecule is CN1C(=O)[C@@H](Cc2ccc(O)cc2)CC(=O)CNC(=O)[C@H](Cc2ccc3ccccc3c2)NC(=O)[C@H](CCCNC(=N)N)NC(=O)[C@H]1CCCCC(=O)CCCCC(=O)NCCC[C@@H]1C(=O)N[C@@H](CCCNC(=N)N)C(=O)N[C@@H](Cc2ccc3ccccc3c2)C(=O)NCC(=O)N[C@H](Cc2ccc(O)cc2)C(=O)N1C. The Labute approximate surface area is 638 Å². The Balaban J connectivity index is 0.899. The van der Waals surface area contributed by atoms with Crippen LogP contribution in [0, 0.1) is 16.7 Å². The van der Waals surface area contributed by atoms with Gasteiger partial charge in [0.2, 0.25) is 59.1 Å². The molecule has 8 rings (SSSR count). The largest absolute Gasteiger partial charge is 0.508 e. The van der Waals surface area contributed by atoms with Gasteiger partial charge in [-0.15, -0.1) is 0 Å². The number of carbonyl (C=O) groups is 12. The van der Waals surface area contributed by atoms with Gasteiger partial charge in [0, 0.05) is 84.6 Å². The van der Waals surface area contributed by atoms with E-state index in [1.807, 2.05) is 84.9 Å². The van der Waals surface area contributed by atoms with Crippen molar-refractivity contribution in [3.05, 3.63) is 156 Å². The number of Topliss-reactive ketones (excluding diaryl/α,β-unsaturated/α-hetero) is 2. The molecule has 2 aliphatic rings. The van der Waals surface area contributed by atoms with Crippen molar-refractivity contribution < 1.29 is 67.7 Å². The Kier molecular flexibility index (Phi) is 31.9. The van der Waals surface area contributed by atoms with Crippen LogP contribution in [0.2, 0.25) is 0 Å². The first-order valence-corrected chi connectivity index (χ1v) is 37.3. The van der Waals surface area contributed by atoms with Crippen LogP contribution >= 0.6 is 0 Å². The summed E-state index contributed by atoms with van der Waals surface area (Å²) in [5.41, 5.74) is 13.6. The Hall–Kier alpha value is -12.0. The van der Waals surface area contributed by atoms with Crippen molar-refractivity contribution in [3.63, 3.8) is 0 Å². The van der Waals surface area contributed by atoms with Gasteiger partial charge in [-0.25, -0.2) is 0 Å². The number of nitrogens with one attached hydrogen (secondary N) is 12. The molecule has 110 heavy (non-hydrogen) atoms. The smallest absolute Gasteiger partial charge is 0.245 e. The minimum absolute atomic E-state index is 0.00762. The number of ketones is 2. The second-order valence-corrected chi connectivity index (χ2v) is 28.1. The highest BCUT2D eigenvalue weighted by molar-refractivity contribution is 5.99. The molecule has 18 N–H and O–H groups in total. The van der Waals surface area contributed by atoms with E-state index in [1.165, 1.54) is 43.3 Å². The number of rotatable bonds is 30. The van der Waals surface area contributed by atoms with Crippen LogP contribution in [0.1, 0.15) is 119 Å². The molecule has 0 saturated carbocycles. The van der Waals surface area contributed by atoms with Crippen LogP contribution in [0.5, 0.6) is 11.5 Å². The summed E-state index contributed by atoms with van der Waals surface area (Å²) in [4.78, 5) is 173. The first-order chi connectivity index (χ1) is 52.8. The molecule has 0 spiro atoms. The van der Waals surface area contributed by atoms with E-state index >= 15 is 0 Å². The lowest BCUT2D eigenvalue weighted by Crippen LogP contribution is -2.58. The van der Waals surface area contributed by atoms with Gasteiger partial charge in [-0.1, -0.05) is 116 Å². The zero-order valence-electron chi connectivity index (χ0n) is 62.1. The van der Waals surface area contributed by atoms with E-state index in [1.54, 1.807) is 24.3 Å². The van der Waals surface area contributed by atoms with E-state index in [4.69, 9.17) is 22.3 Å². The van der Waals surface area contributed by atoms with Crippen molar-refractivity contribution in [3.8, 4) is 11.5 Å². The summed E-state index contributed by atoms with van der Waals surface area (Å²) in [6.45, 7) is -0.724. The Morgan fingerprint density at radius 3 is 1.35 bits per heavy atom. The first-order valence-electron chi connectivity index (χ1n) is 37.3. The third kappa shape index (κ3) is 26.5. The van der Waals surface area contributed by atoms with Gasteiger partial charge in [0.15, 0.2) is 17.7 Å². The maximum atomic E-state index is 14.8. The van der Waals surface area contributed by atoms with E-state index in [2.05, 4.69) is 53.2 Å². The number of fused-ring (bicyclic) bond motifs is 2. The average Bonchev–Trinajstić information content (AvgIpc) is 1.17. The summed E-state index contributed by atoms with van der Waals surface area (Å²) in [6.07, 6.45) is 1.60. The summed E-state index contributed by atoms with van der Waals surface area (Å²) >= 11 is 0. The number of likely N-dealkylation sites (N-methyl/N-ethyl adjacent to an activating group) is 2. The molecule has 0 unspecified atom stereocenters. The number of unbranched alkanes of at least 4 members (excludes halogenated alkanes) is 2. The molecule has 2 fully saturated rings. The van der Waals surface area contributed by atoms with Crippen LogP contribution in [0.3, 0.4) is 0 Å². The summed E-state index contributed by atoms with van der Waals surface area (Å²) in [7, 11) is 2.81. The molecule has 2 saturated heterocycles. The van der Waals surface area contributed by atoms with Crippen molar-refractivity contribution in [1.29, 1.82) is 10.8 Å². The fourth-order valence-electron chi connectivity index (χ4n) is 13.6. The summed E-state index contributed by atoms with van der Waals surface area (Å²) in [5.74, 6) is -9.02. The molecule has 586 valence electrons. The third-order valence-corrected chi connectivity index (χ3v) is 19.6. The summed E-state index contributed by atoms with van der Waals surface area (Å²) < 4.78 is 0. The Morgan fingerprint density at radius 2 is 0.836 bits per heavy atom. The molecule has 30 heteroatoms. The third-order valence-electron chi connectivity index (χ3n) is 19.6. The number of aromatic hydroxyl groups is 2. The molecule has 6 aromatic rings. The zero-order chi connectivity index (χ0) is 79.2. The molecule has 0 aromatic heterocycles. The first kappa shape index (κ1) is 83.7. The van der Waals surface area contributed by atoms with Crippen molar-refractivity contribution >= 4 is 104 Å². The maximum Gasteiger partial charge on any atom is 0.245 e. The zero-order valence-corrected chi connectivity index (χ0v) is 62.1. The lowest BCUT2D eigenvalue weighted by Gasteiger charge is -2.32. The lowest BCUT2D eigenvalue weighted by atomic mass is 9.91. The van der Waals surface area contributed by atoms with Crippen molar-refractivity contribution in [1.82, 2.24) is 63.0 Å². The van der Waals surface area contributed by atoms with Gasteiger partial charge in [-0.05, 0) is 139 Å². The van der Waals surface area contributed by atoms with E-state index < -0.39 is 120 Å². The number of guanidine groups is 2. The Bertz CT molecular complexity index is 4000. The van der Waals surface area contributed by atoms with E-state index in [0.717, 1.165) is 26.4 Å². The van der Waals surface area contributed by atoms with Gasteiger partial charge in [0.25, 0.3) is 0 Å². The molecule has 10 amide bonds. The fraction of sp³-hybridized carbons (Fsp3) is 0.425. The van der Waals surface area contributed by atoms with Gasteiger partial charge in [-0.3, -0.25) is 68.4 Å². The number of phenolic OH excluding ortho intramolecular Hbond substituents is 2. The Morgan fingerprint density at radius 1 is 0.427 bits per heavy atom. The number of amides is 10. The molecule has 0 aliphatic carbocycles. The van der Waals surface area contributed by atoms with E-state index in [9.17, 15) is 67.7 Å². The highest BCUT2D eigenvalue weighted by Gasteiger charge is 2.38. The second-order valence-electron chi connectivity index (χ2n) is 28.1. The van der Waals surface area contributed by atoms with Gasteiger partial charge in [0.1, 0.15) is 59.6 Å². The highest BCUT2D eigenvalue weighted by atomic mass is 16.3. The number of nitrogens with zero attached hydrogens (tertiary/aromatic N) is 2. The number of hydrogen-bond donors (Lipinski definition) is 16. The van der Waals surface area contributed by atoms with Crippen LogP contribution in [-0.2, 0) is 83.2 Å². The topological polar surface area (TPSA) is 472 Å². The van der Waals surface area contributed by atoms with Crippen molar-refractivity contribution in [2.45, 2.75) is 164 Å². The average molecular weight is 1510 g/mol. The molecule has 0 bridgehead atoms. The van der Waals surface area contributed by atoms with Crippen LogP contribution in [0.4, 0.5) is 0 Å². The monoisotopic (exact) mass is 1510 g/mol. The van der Waals surface area contributed by atoms with Crippen LogP contribution in [0.15, 0.2) is 133 Å². The molecular formula is C80H102N16O14. The molecular weight excluding hydrogens is 1410 g/mol. The summed E-state index contributed by atoms with van der Waals surface area (Å²) in [5, 5.41) is 66.6. The molecule has 2 heterocycles. The number of hydrogen-bond acceptors (Lipinski definition) is 16. The molecule has 30 nitrogen and oxygen atoms in total. The number of carbonyl (C=O) groups excluding carboxylic acids is 12. The lowest BCUT2D eigenvalue weighted by molar-refractivity contribution is -0.144. The van der Waals surface area contributed by atoms with E-state index in [0.29, 0.717) is 35.1 Å². The second kappa shape index (κ2) is 42.0. The van der Waals surface area contributed by atoms with Gasteiger partial charge < -0.3 is 84.6 Å². The maximum absolute atomic E-state index is 14.8. The van der Waals surface area contributed by atoms with Crippen LogP contribution in [-0.4, -0.2) is 192 Å². The van der Waals surface area contributed by atoms with Crippen molar-refractivity contribution in [2.24, 2.45) is 17.4 Å². The van der Waals surface area contributed by atoms with Gasteiger partial charge in [-0.2, -0.15) is 0 Å². The predicted molar refractivity (Wildman–Crippen MR) is 413 cm³/mol. The predicted octanol–water partition coefficient (Wildman–Crippen LogP) is 2.70. The number of phenols is 2. The summed E-state index contributed by atoms with van der Waals surface area (Å²) in [6, 6.07) is 29.7. The van der Waals surface area contributed by atoms with Gasteiger partial charge >= 0.3 is 0 Å². The normalized spacial score (nSPS) is 20.2. The molecule has 0 radical (unpaired) electrons. The van der Waals surface area contributed by atoms with Crippen LogP contribution < -0.4 is 64.6 Å². The van der Waals surface area contributed by atoms with Crippen molar-refractivity contribution in [2.75, 3.05) is 46.8 Å². The molecule has 6 aromatic carbocycles. The molecule has 2 aliphatic heterocycles. The minimum atomic E-state index is -1.30. The van der Waals surface area contributed by atoms with E-state index in [-0.39, 0.29) is 164 Å². The minimum Gasteiger partial charge on any atom is -0.508 e. The molecule has 8 atom stereocenters. The number of nitrogens with two attached hydrogens (primary N) is 2. The van der Waals surface area contributed by atoms with Crippen LogP contribution in [0.25, 0.3) is 21.5 Å². The number of benzene rings is 6.